The van der Waals surface area contributed by atoms with Gasteiger partial charge in [-0.3, -0.25) is 4.99 Å². The van der Waals surface area contributed by atoms with Gasteiger partial charge in [-0.15, -0.1) is 24.0 Å². The molecule has 1 aromatic carbocycles. The minimum absolute atomic E-state index is 0. The van der Waals surface area contributed by atoms with Crippen LogP contribution in [0.15, 0.2) is 29.3 Å². The fraction of sp³-hybridized carbons (Fsp3) is 0.500. The Balaban J connectivity index is 0.00000400. The molecule has 0 unspecified atom stereocenters. The van der Waals surface area contributed by atoms with E-state index in [1.807, 2.05) is 24.3 Å². The number of methoxy groups -OCH3 is 1. The summed E-state index contributed by atoms with van der Waals surface area (Å²) >= 11 is 5.84. The van der Waals surface area contributed by atoms with E-state index in [1.165, 1.54) is 0 Å². The summed E-state index contributed by atoms with van der Waals surface area (Å²) in [5, 5.41) is 7.14. The second kappa shape index (κ2) is 13.1. The molecule has 0 bridgehead atoms. The van der Waals surface area contributed by atoms with Crippen LogP contribution in [0.5, 0.6) is 0 Å². The van der Waals surface area contributed by atoms with E-state index in [1.54, 1.807) is 14.2 Å². The van der Waals surface area contributed by atoms with Gasteiger partial charge in [0.05, 0.1) is 19.8 Å². The van der Waals surface area contributed by atoms with E-state index < -0.39 is 0 Å². The van der Waals surface area contributed by atoms with Crippen LogP contribution in [0.2, 0.25) is 5.02 Å². The van der Waals surface area contributed by atoms with Crippen molar-refractivity contribution in [1.29, 1.82) is 0 Å². The van der Waals surface area contributed by atoms with E-state index in [-0.39, 0.29) is 24.0 Å². The minimum atomic E-state index is 0. The van der Waals surface area contributed by atoms with Crippen molar-refractivity contribution >= 4 is 41.5 Å². The first kappa shape index (κ1) is 20.4. The molecule has 0 saturated carbocycles. The number of hydrogen-bond donors (Lipinski definition) is 2. The summed E-state index contributed by atoms with van der Waals surface area (Å²) in [5.74, 6) is 0.746. The van der Waals surface area contributed by atoms with Crippen LogP contribution in [0.1, 0.15) is 5.56 Å². The van der Waals surface area contributed by atoms with Crippen LogP contribution in [0.3, 0.4) is 0 Å². The van der Waals surface area contributed by atoms with Crippen LogP contribution < -0.4 is 10.6 Å². The molecule has 0 heterocycles. The third-order valence-corrected chi connectivity index (χ3v) is 2.82. The van der Waals surface area contributed by atoms with E-state index in [0.717, 1.165) is 16.5 Å². The van der Waals surface area contributed by atoms with E-state index in [2.05, 4.69) is 15.6 Å². The van der Waals surface area contributed by atoms with Crippen LogP contribution in [0.25, 0.3) is 0 Å². The van der Waals surface area contributed by atoms with Gasteiger partial charge < -0.3 is 20.1 Å². The van der Waals surface area contributed by atoms with Gasteiger partial charge in [-0.05, 0) is 17.7 Å². The van der Waals surface area contributed by atoms with Crippen molar-refractivity contribution in [2.45, 2.75) is 6.54 Å². The molecule has 0 atom stereocenters. The molecule has 0 fully saturated rings. The fourth-order valence-electron chi connectivity index (χ4n) is 1.49. The largest absolute Gasteiger partial charge is 0.382 e. The summed E-state index contributed by atoms with van der Waals surface area (Å²) in [6.07, 6.45) is 0. The van der Waals surface area contributed by atoms with Crippen LogP contribution in [-0.4, -0.2) is 46.5 Å². The van der Waals surface area contributed by atoms with Crippen molar-refractivity contribution in [3.8, 4) is 0 Å². The maximum absolute atomic E-state index is 5.84. The molecule has 1 aromatic rings. The van der Waals surface area contributed by atoms with Crippen molar-refractivity contribution in [1.82, 2.24) is 10.6 Å². The van der Waals surface area contributed by atoms with Gasteiger partial charge in [-0.1, -0.05) is 23.7 Å². The summed E-state index contributed by atoms with van der Waals surface area (Å²) in [6, 6.07) is 7.71. The lowest BCUT2D eigenvalue weighted by atomic mass is 10.2. The smallest absolute Gasteiger partial charge is 0.191 e. The molecule has 120 valence electrons. The Hall–Kier alpha value is -0.570. The van der Waals surface area contributed by atoms with Gasteiger partial charge in [-0.25, -0.2) is 0 Å². The second-order valence-corrected chi connectivity index (χ2v) is 4.52. The SMILES string of the molecule is CN=C(NCCOCCOC)NCc1ccc(Cl)cc1.I. The summed E-state index contributed by atoms with van der Waals surface area (Å²) in [4.78, 5) is 4.14. The number of nitrogens with zero attached hydrogens (tertiary/aromatic N) is 1. The minimum Gasteiger partial charge on any atom is -0.382 e. The van der Waals surface area contributed by atoms with E-state index in [0.29, 0.717) is 32.9 Å². The number of benzene rings is 1. The monoisotopic (exact) mass is 427 g/mol. The molecule has 0 aliphatic rings. The van der Waals surface area contributed by atoms with Crippen molar-refractivity contribution in [3.05, 3.63) is 34.9 Å². The first-order chi connectivity index (χ1) is 9.76. The molecular formula is C14H23ClIN3O2. The van der Waals surface area contributed by atoms with Crippen molar-refractivity contribution < 1.29 is 9.47 Å². The number of nitrogens with one attached hydrogen (secondary N) is 2. The van der Waals surface area contributed by atoms with Crippen LogP contribution in [0.4, 0.5) is 0 Å². The highest BCUT2D eigenvalue weighted by Crippen LogP contribution is 2.08. The average molecular weight is 428 g/mol. The first-order valence-electron chi connectivity index (χ1n) is 6.52. The number of rotatable bonds is 8. The van der Waals surface area contributed by atoms with Gasteiger partial charge in [-0.2, -0.15) is 0 Å². The van der Waals surface area contributed by atoms with Crippen LogP contribution in [-0.2, 0) is 16.0 Å². The zero-order chi connectivity index (χ0) is 14.6. The summed E-state index contributed by atoms with van der Waals surface area (Å²) < 4.78 is 10.3. The topological polar surface area (TPSA) is 54.9 Å². The number of halogens is 2. The lowest BCUT2D eigenvalue weighted by Crippen LogP contribution is -2.38. The predicted molar refractivity (Wildman–Crippen MR) is 97.8 cm³/mol. The molecule has 0 radical (unpaired) electrons. The quantitative estimate of drug-likeness (QED) is 0.289. The molecule has 7 heteroatoms. The summed E-state index contributed by atoms with van der Waals surface area (Å²) in [6.45, 7) is 3.23. The lowest BCUT2D eigenvalue weighted by molar-refractivity contribution is 0.0733. The zero-order valence-corrected chi connectivity index (χ0v) is 15.5. The Bertz CT molecular complexity index is 402. The third-order valence-electron chi connectivity index (χ3n) is 2.57. The molecule has 5 nitrogen and oxygen atoms in total. The van der Waals surface area contributed by atoms with Crippen LogP contribution in [0, 0.1) is 0 Å². The van der Waals surface area contributed by atoms with Crippen molar-refractivity contribution in [2.75, 3.05) is 40.5 Å². The number of ether oxygens (including phenoxy) is 2. The van der Waals surface area contributed by atoms with E-state index >= 15 is 0 Å². The number of guanidine groups is 1. The van der Waals surface area contributed by atoms with Gasteiger partial charge in [0, 0.05) is 32.3 Å². The maximum Gasteiger partial charge on any atom is 0.191 e. The Morgan fingerprint density at radius 1 is 1.14 bits per heavy atom. The molecule has 1 rings (SSSR count). The maximum atomic E-state index is 5.84. The highest BCUT2D eigenvalue weighted by atomic mass is 127. The van der Waals surface area contributed by atoms with Gasteiger partial charge in [0.1, 0.15) is 0 Å². The summed E-state index contributed by atoms with van der Waals surface area (Å²) in [7, 11) is 3.40. The van der Waals surface area contributed by atoms with Gasteiger partial charge in [0.2, 0.25) is 0 Å². The van der Waals surface area contributed by atoms with E-state index in [4.69, 9.17) is 21.1 Å². The van der Waals surface area contributed by atoms with Crippen molar-refractivity contribution in [3.63, 3.8) is 0 Å². The zero-order valence-electron chi connectivity index (χ0n) is 12.4. The molecule has 0 saturated heterocycles. The number of hydrogen-bond acceptors (Lipinski definition) is 3. The summed E-state index contributed by atoms with van der Waals surface area (Å²) in [5.41, 5.74) is 1.15. The Morgan fingerprint density at radius 2 is 1.86 bits per heavy atom. The normalized spacial score (nSPS) is 10.9. The van der Waals surface area contributed by atoms with E-state index in [9.17, 15) is 0 Å². The highest BCUT2D eigenvalue weighted by Gasteiger charge is 1.98. The van der Waals surface area contributed by atoms with Gasteiger partial charge in [0.15, 0.2) is 5.96 Å². The molecule has 2 N–H and O–H groups in total. The Kier molecular flexibility index (Phi) is 12.8. The Labute approximate surface area is 148 Å². The molecule has 21 heavy (non-hydrogen) atoms. The molecule has 0 spiro atoms. The third kappa shape index (κ3) is 9.89. The lowest BCUT2D eigenvalue weighted by Gasteiger charge is -2.12. The van der Waals surface area contributed by atoms with Crippen LogP contribution >= 0.6 is 35.6 Å². The highest BCUT2D eigenvalue weighted by molar-refractivity contribution is 14.0. The second-order valence-electron chi connectivity index (χ2n) is 4.08. The predicted octanol–water partition coefficient (Wildman–Crippen LogP) is 2.29. The van der Waals surface area contributed by atoms with Gasteiger partial charge >= 0.3 is 0 Å². The molecular weight excluding hydrogens is 405 g/mol. The van der Waals surface area contributed by atoms with Gasteiger partial charge in [0.25, 0.3) is 0 Å². The average Bonchev–Trinajstić information content (AvgIpc) is 2.47. The standard InChI is InChI=1S/C14H22ClN3O2.HI/c1-16-14(17-7-8-20-10-9-19-2)18-11-12-3-5-13(15)6-4-12;/h3-6H,7-11H2,1-2H3,(H2,16,17,18);1H. The Morgan fingerprint density at radius 3 is 2.48 bits per heavy atom. The molecule has 0 aliphatic heterocycles. The molecule has 0 aromatic heterocycles. The van der Waals surface area contributed by atoms with Crippen molar-refractivity contribution in [2.24, 2.45) is 4.99 Å². The fourth-order valence-corrected chi connectivity index (χ4v) is 1.62. The molecule has 0 amide bonds. The number of aliphatic imine (C=N–C) groups is 1. The molecule has 0 aliphatic carbocycles. The first-order valence-corrected chi connectivity index (χ1v) is 6.89.